The quantitative estimate of drug-likeness (QED) is 0.651. The predicted molar refractivity (Wildman–Crippen MR) is 104 cm³/mol. The van der Waals surface area contributed by atoms with Gasteiger partial charge >= 0.3 is 0 Å². The van der Waals surface area contributed by atoms with Crippen LogP contribution in [-0.4, -0.2) is 38.0 Å². The van der Waals surface area contributed by atoms with Crippen LogP contribution >= 0.6 is 0 Å². The van der Waals surface area contributed by atoms with E-state index in [1.807, 2.05) is 26.1 Å². The first-order valence-electron chi connectivity index (χ1n) is 8.90. The second kappa shape index (κ2) is 6.95. The van der Waals surface area contributed by atoms with Crippen LogP contribution in [0.2, 0.25) is 0 Å². The second-order valence-corrected chi connectivity index (χ2v) is 6.67. The fourth-order valence-electron chi connectivity index (χ4n) is 3.02. The van der Waals surface area contributed by atoms with Gasteiger partial charge < -0.3 is 9.47 Å². The lowest BCUT2D eigenvalue weighted by Gasteiger charge is -2.12. The Morgan fingerprint density at radius 1 is 1.14 bits per heavy atom. The maximum absolute atomic E-state index is 12.0. The number of hydrogen-bond acceptors (Lipinski definition) is 6. The number of pyridine rings is 1. The van der Waals surface area contributed by atoms with Gasteiger partial charge in [0.2, 0.25) is 5.88 Å². The summed E-state index contributed by atoms with van der Waals surface area (Å²) in [6, 6.07) is 5.38. The van der Waals surface area contributed by atoms with Crippen molar-refractivity contribution >= 4 is 5.57 Å². The number of ether oxygens (including phenoxy) is 2. The summed E-state index contributed by atoms with van der Waals surface area (Å²) in [5, 5.41) is 0. The molecule has 1 aliphatic rings. The molecule has 144 valence electrons. The van der Waals surface area contributed by atoms with Gasteiger partial charge in [0.1, 0.15) is 18.2 Å². The number of nitrogens with zero attached hydrogens (tertiary/aromatic N) is 5. The van der Waals surface area contributed by atoms with Gasteiger partial charge in [-0.15, -0.1) is 0 Å². The van der Waals surface area contributed by atoms with Crippen molar-refractivity contribution in [2.45, 2.75) is 6.92 Å². The van der Waals surface area contributed by atoms with Gasteiger partial charge in [0.05, 0.1) is 30.3 Å². The molecule has 3 heterocycles. The molecule has 0 aromatic carbocycles. The lowest BCUT2D eigenvalue weighted by Crippen LogP contribution is -2.16. The van der Waals surface area contributed by atoms with Gasteiger partial charge in [-0.05, 0) is 24.6 Å². The summed E-state index contributed by atoms with van der Waals surface area (Å²) < 4.78 is 14.4. The van der Waals surface area contributed by atoms with Crippen LogP contribution in [0.15, 0.2) is 41.5 Å². The third-order valence-electron chi connectivity index (χ3n) is 4.87. The van der Waals surface area contributed by atoms with Crippen LogP contribution in [0, 0.1) is 12.8 Å². The predicted octanol–water partition coefficient (Wildman–Crippen LogP) is 1.99. The summed E-state index contributed by atoms with van der Waals surface area (Å²) in [5.41, 5.74) is 3.36. The summed E-state index contributed by atoms with van der Waals surface area (Å²) >= 11 is 0. The van der Waals surface area contributed by atoms with Crippen molar-refractivity contribution in [1.82, 2.24) is 24.3 Å². The maximum Gasteiger partial charge on any atom is 0.266 e. The fourth-order valence-corrected chi connectivity index (χ4v) is 3.02. The highest BCUT2D eigenvalue weighted by Crippen LogP contribution is 2.38. The van der Waals surface area contributed by atoms with Crippen molar-refractivity contribution in [2.24, 2.45) is 20.0 Å². The first-order valence-corrected chi connectivity index (χ1v) is 8.90. The molecule has 3 aromatic heterocycles. The van der Waals surface area contributed by atoms with Crippen molar-refractivity contribution in [3.63, 3.8) is 0 Å². The fraction of sp³-hybridized carbons (Fsp3) is 0.300. The van der Waals surface area contributed by atoms with Gasteiger partial charge in [-0.3, -0.25) is 19.1 Å². The second-order valence-electron chi connectivity index (χ2n) is 6.67. The SMILES string of the molecule is COc1ccc(C2=C[C@@H]2COc2nc(C)ncc2-c2cc(=O)n(C)n2C)nc1. The highest BCUT2D eigenvalue weighted by atomic mass is 16.5. The first-order chi connectivity index (χ1) is 13.5. The molecule has 0 unspecified atom stereocenters. The Labute approximate surface area is 162 Å². The van der Waals surface area contributed by atoms with Crippen molar-refractivity contribution < 1.29 is 9.47 Å². The molecular formula is C20H21N5O3. The lowest BCUT2D eigenvalue weighted by atomic mass is 10.2. The molecule has 0 radical (unpaired) electrons. The summed E-state index contributed by atoms with van der Waals surface area (Å²) in [5.74, 6) is 1.99. The van der Waals surface area contributed by atoms with Crippen LogP contribution in [0.5, 0.6) is 11.6 Å². The van der Waals surface area contributed by atoms with Crippen LogP contribution in [0.3, 0.4) is 0 Å². The van der Waals surface area contributed by atoms with Crippen LogP contribution in [0.1, 0.15) is 11.5 Å². The molecule has 8 nitrogen and oxygen atoms in total. The van der Waals surface area contributed by atoms with E-state index in [2.05, 4.69) is 21.0 Å². The third-order valence-corrected chi connectivity index (χ3v) is 4.87. The molecule has 0 amide bonds. The number of aromatic nitrogens is 5. The smallest absolute Gasteiger partial charge is 0.266 e. The Morgan fingerprint density at radius 2 is 1.96 bits per heavy atom. The van der Waals surface area contributed by atoms with Gasteiger partial charge in [-0.1, -0.05) is 6.08 Å². The molecule has 0 fully saturated rings. The van der Waals surface area contributed by atoms with Gasteiger partial charge in [0, 0.05) is 32.3 Å². The molecule has 0 saturated heterocycles. The van der Waals surface area contributed by atoms with E-state index < -0.39 is 0 Å². The van der Waals surface area contributed by atoms with E-state index >= 15 is 0 Å². The van der Waals surface area contributed by atoms with Gasteiger partial charge in [0.15, 0.2) is 0 Å². The number of aryl methyl sites for hydroxylation is 1. The Hall–Kier alpha value is -3.42. The minimum Gasteiger partial charge on any atom is -0.495 e. The molecule has 8 heteroatoms. The molecule has 0 spiro atoms. The van der Waals surface area contributed by atoms with Crippen LogP contribution in [0.25, 0.3) is 16.8 Å². The van der Waals surface area contributed by atoms with Crippen LogP contribution in [0.4, 0.5) is 0 Å². The van der Waals surface area contributed by atoms with Crippen molar-refractivity contribution in [3.05, 3.63) is 58.5 Å². The zero-order valence-electron chi connectivity index (χ0n) is 16.2. The van der Waals surface area contributed by atoms with E-state index in [0.717, 1.165) is 17.0 Å². The van der Waals surface area contributed by atoms with E-state index in [1.54, 1.807) is 37.3 Å². The van der Waals surface area contributed by atoms with Crippen molar-refractivity contribution in [2.75, 3.05) is 13.7 Å². The molecule has 0 aliphatic heterocycles. The van der Waals surface area contributed by atoms with E-state index in [1.165, 1.54) is 4.68 Å². The molecule has 0 bridgehead atoms. The summed E-state index contributed by atoms with van der Waals surface area (Å²) in [6.07, 6.45) is 5.51. The van der Waals surface area contributed by atoms with Gasteiger partial charge in [0.25, 0.3) is 5.56 Å². The highest BCUT2D eigenvalue weighted by Gasteiger charge is 2.28. The standard InChI is InChI=1S/C20H21N5O3/c1-12-21-10-16(18-8-19(26)25(3)24(18)2)20(23-12)28-11-13-7-15(13)17-6-5-14(27-4)9-22-17/h5-10,13H,11H2,1-4H3/t13-/m1/s1. The molecule has 4 rings (SSSR count). The van der Waals surface area contributed by atoms with E-state index in [-0.39, 0.29) is 11.5 Å². The summed E-state index contributed by atoms with van der Waals surface area (Å²) in [6.45, 7) is 2.26. The molecule has 0 N–H and O–H groups in total. The normalized spacial score (nSPS) is 15.3. The van der Waals surface area contributed by atoms with Gasteiger partial charge in [-0.2, -0.15) is 4.98 Å². The molecule has 1 atom stereocenters. The first kappa shape index (κ1) is 18.0. The van der Waals surface area contributed by atoms with E-state index in [4.69, 9.17) is 9.47 Å². The highest BCUT2D eigenvalue weighted by molar-refractivity contribution is 5.78. The molecule has 28 heavy (non-hydrogen) atoms. The number of rotatable bonds is 6. The number of methoxy groups -OCH3 is 1. The van der Waals surface area contributed by atoms with Crippen molar-refractivity contribution in [1.29, 1.82) is 0 Å². The summed E-state index contributed by atoms with van der Waals surface area (Å²) in [7, 11) is 5.15. The van der Waals surface area contributed by atoms with E-state index in [0.29, 0.717) is 29.6 Å². The van der Waals surface area contributed by atoms with Gasteiger partial charge in [-0.25, -0.2) is 4.98 Å². The van der Waals surface area contributed by atoms with Crippen LogP contribution in [-0.2, 0) is 14.1 Å². The van der Waals surface area contributed by atoms with E-state index in [9.17, 15) is 4.79 Å². The average molecular weight is 379 g/mol. The number of hydrogen-bond donors (Lipinski definition) is 0. The topological polar surface area (TPSA) is 84.1 Å². The molecule has 0 saturated carbocycles. The Morgan fingerprint density at radius 3 is 2.61 bits per heavy atom. The zero-order chi connectivity index (χ0) is 19.8. The summed E-state index contributed by atoms with van der Waals surface area (Å²) in [4.78, 5) is 25.1. The molecule has 1 aliphatic carbocycles. The Balaban J connectivity index is 1.50. The molecular weight excluding hydrogens is 358 g/mol. The molecule has 3 aromatic rings. The van der Waals surface area contributed by atoms with Crippen LogP contribution < -0.4 is 15.0 Å². The van der Waals surface area contributed by atoms with Crippen molar-refractivity contribution in [3.8, 4) is 22.9 Å². The average Bonchev–Trinajstić information content (AvgIpc) is 3.44. The lowest BCUT2D eigenvalue weighted by molar-refractivity contribution is 0.298. The monoisotopic (exact) mass is 379 g/mol. The maximum atomic E-state index is 12.0. The largest absolute Gasteiger partial charge is 0.495 e. The third kappa shape index (κ3) is 3.28. The zero-order valence-corrected chi connectivity index (χ0v) is 16.2. The Bertz CT molecular complexity index is 1110. The minimum absolute atomic E-state index is 0.0965. The minimum atomic E-state index is -0.0965. The Kier molecular flexibility index (Phi) is 4.46.